The van der Waals surface area contributed by atoms with E-state index in [-0.39, 0.29) is 37.3 Å². The molecule has 3 aliphatic heterocycles. The Bertz CT molecular complexity index is 1810. The number of nitrogens with one attached hydrogen (secondary N) is 2. The summed E-state index contributed by atoms with van der Waals surface area (Å²) in [6.07, 6.45) is 0.759. The summed E-state index contributed by atoms with van der Waals surface area (Å²) >= 11 is 0. The highest BCUT2D eigenvalue weighted by Gasteiger charge is 2.35. The van der Waals surface area contributed by atoms with Crippen LogP contribution in [0.2, 0.25) is 0 Å². The number of piperidine rings is 1. The number of likely N-dealkylation sites (tertiary alicyclic amines) is 1. The van der Waals surface area contributed by atoms with Crippen LogP contribution >= 0.6 is 0 Å². The Morgan fingerprint density at radius 3 is 2.62 bits per heavy atom. The zero-order valence-corrected chi connectivity index (χ0v) is 26.7. The lowest BCUT2D eigenvalue weighted by Gasteiger charge is -2.39. The molecule has 3 amide bonds. The predicted molar refractivity (Wildman–Crippen MR) is 175 cm³/mol. The van der Waals surface area contributed by atoms with Crippen molar-refractivity contribution in [3.8, 4) is 23.0 Å². The van der Waals surface area contributed by atoms with Crippen molar-refractivity contribution in [2.45, 2.75) is 44.9 Å². The normalized spacial score (nSPS) is 18.7. The van der Waals surface area contributed by atoms with Crippen molar-refractivity contribution in [1.29, 1.82) is 0 Å². The summed E-state index contributed by atoms with van der Waals surface area (Å²) in [6.45, 7) is 2.53. The molecule has 244 valence electrons. The highest BCUT2D eigenvalue weighted by molar-refractivity contribution is 6.06. The number of hydrogen-bond donors (Lipinski definition) is 2. The molecule has 4 aromatic rings. The fraction of sp³-hybridized carbons (Fsp3) is 0.333. The van der Waals surface area contributed by atoms with E-state index in [1.807, 2.05) is 55.5 Å². The van der Waals surface area contributed by atoms with Crippen molar-refractivity contribution in [3.63, 3.8) is 0 Å². The van der Waals surface area contributed by atoms with Gasteiger partial charge in [0.25, 0.3) is 11.8 Å². The molecule has 0 saturated carbocycles. The first-order chi connectivity index (χ1) is 22.8. The summed E-state index contributed by atoms with van der Waals surface area (Å²) in [5.74, 6) is 1.37. The second-order valence-corrected chi connectivity index (χ2v) is 11.7. The molecule has 0 spiro atoms. The SMILES string of the molecule is COc1cc2ccc1CNC(=O)CCc1ccc(OC)c(c1)OCC(=O)N[C@@H]1CN(C(=O)c3cc(C)nc4ccccc34)CC[C@@H]1O2. The summed E-state index contributed by atoms with van der Waals surface area (Å²) in [7, 11) is 3.10. The number of aryl methyl sites for hydroxylation is 2. The highest BCUT2D eigenvalue weighted by Crippen LogP contribution is 2.30. The number of pyridine rings is 1. The molecule has 3 aliphatic rings. The lowest BCUT2D eigenvalue weighted by molar-refractivity contribution is -0.125. The van der Waals surface area contributed by atoms with Gasteiger partial charge in [-0.05, 0) is 55.3 Å². The summed E-state index contributed by atoms with van der Waals surface area (Å²) in [5.41, 5.74) is 3.74. The average molecular weight is 639 g/mol. The first-order valence-corrected chi connectivity index (χ1v) is 15.7. The van der Waals surface area contributed by atoms with Gasteiger partial charge in [0.2, 0.25) is 5.91 Å². The van der Waals surface area contributed by atoms with E-state index in [1.54, 1.807) is 30.2 Å². The second-order valence-electron chi connectivity index (χ2n) is 11.7. The number of aromatic nitrogens is 1. The average Bonchev–Trinajstić information content (AvgIpc) is 3.08. The Hall–Kier alpha value is -5.32. The minimum atomic E-state index is -0.543. The number of carbonyl (C=O) groups is 3. The topological polar surface area (TPSA) is 128 Å². The van der Waals surface area contributed by atoms with Gasteiger partial charge in [-0.3, -0.25) is 19.4 Å². The third-order valence-corrected chi connectivity index (χ3v) is 8.51. The van der Waals surface area contributed by atoms with Crippen LogP contribution in [0.4, 0.5) is 0 Å². The minimum absolute atomic E-state index is 0.109. The number of amides is 3. The molecule has 1 fully saturated rings. The lowest BCUT2D eigenvalue weighted by Crippen LogP contribution is -2.58. The highest BCUT2D eigenvalue weighted by atomic mass is 16.5. The van der Waals surface area contributed by atoms with Gasteiger partial charge in [0.15, 0.2) is 18.1 Å². The number of benzene rings is 3. The summed E-state index contributed by atoms with van der Waals surface area (Å²) in [6, 6.07) is 19.7. The van der Waals surface area contributed by atoms with E-state index in [1.165, 1.54) is 7.11 Å². The number of nitrogens with zero attached hydrogens (tertiary/aromatic N) is 2. The van der Waals surface area contributed by atoms with Gasteiger partial charge in [-0.25, -0.2) is 0 Å². The molecule has 1 saturated heterocycles. The minimum Gasteiger partial charge on any atom is -0.496 e. The number of ether oxygens (including phenoxy) is 4. The third kappa shape index (κ3) is 7.24. The largest absolute Gasteiger partial charge is 0.496 e. The van der Waals surface area contributed by atoms with Crippen LogP contribution < -0.4 is 29.6 Å². The number of para-hydroxylation sites is 1. The molecule has 4 bridgehead atoms. The van der Waals surface area contributed by atoms with Crippen LogP contribution in [0, 0.1) is 6.92 Å². The quantitative estimate of drug-likeness (QED) is 0.345. The van der Waals surface area contributed by atoms with Crippen molar-refractivity contribution in [2.24, 2.45) is 0 Å². The summed E-state index contributed by atoms with van der Waals surface area (Å²) in [4.78, 5) is 46.4. The Morgan fingerprint density at radius 2 is 1.79 bits per heavy atom. The number of hydrogen-bond acceptors (Lipinski definition) is 8. The van der Waals surface area contributed by atoms with Crippen LogP contribution in [0.25, 0.3) is 10.9 Å². The molecule has 47 heavy (non-hydrogen) atoms. The van der Waals surface area contributed by atoms with E-state index < -0.39 is 12.1 Å². The van der Waals surface area contributed by atoms with E-state index in [0.29, 0.717) is 54.5 Å². The Kier molecular flexibility index (Phi) is 9.42. The van der Waals surface area contributed by atoms with Gasteiger partial charge < -0.3 is 34.5 Å². The van der Waals surface area contributed by atoms with Crippen LogP contribution in [-0.4, -0.2) is 73.7 Å². The Balaban J connectivity index is 1.29. The van der Waals surface area contributed by atoms with Gasteiger partial charge in [-0.2, -0.15) is 0 Å². The van der Waals surface area contributed by atoms with E-state index in [4.69, 9.17) is 18.9 Å². The maximum Gasteiger partial charge on any atom is 0.258 e. The number of rotatable bonds is 3. The monoisotopic (exact) mass is 638 g/mol. The fourth-order valence-corrected chi connectivity index (χ4v) is 6.09. The molecule has 0 radical (unpaired) electrons. The number of carbonyl (C=O) groups excluding carboxylic acids is 3. The first-order valence-electron chi connectivity index (χ1n) is 15.7. The van der Waals surface area contributed by atoms with E-state index in [2.05, 4.69) is 15.6 Å². The maximum absolute atomic E-state index is 14.0. The molecular weight excluding hydrogens is 600 g/mol. The number of methoxy groups -OCH3 is 2. The molecule has 4 heterocycles. The van der Waals surface area contributed by atoms with E-state index >= 15 is 0 Å². The zero-order chi connectivity index (χ0) is 32.9. The predicted octanol–water partition coefficient (Wildman–Crippen LogP) is 3.98. The fourth-order valence-electron chi connectivity index (χ4n) is 6.09. The lowest BCUT2D eigenvalue weighted by atomic mass is 9.99. The van der Waals surface area contributed by atoms with Gasteiger partial charge in [0, 0.05) is 55.2 Å². The van der Waals surface area contributed by atoms with Crippen molar-refractivity contribution in [1.82, 2.24) is 20.5 Å². The molecular formula is C36H38N4O7. The number of fused-ring (bicyclic) bond motifs is 10. The van der Waals surface area contributed by atoms with Gasteiger partial charge in [0.05, 0.1) is 31.3 Å². The molecule has 11 heteroatoms. The second kappa shape index (κ2) is 14.0. The molecule has 1 aromatic heterocycles. The van der Waals surface area contributed by atoms with Crippen molar-refractivity contribution in [3.05, 3.63) is 89.1 Å². The van der Waals surface area contributed by atoms with Gasteiger partial charge in [-0.1, -0.05) is 24.3 Å². The Labute approximate surface area is 273 Å². The van der Waals surface area contributed by atoms with Gasteiger partial charge in [0.1, 0.15) is 17.6 Å². The molecule has 3 aromatic carbocycles. The molecule has 2 N–H and O–H groups in total. The summed E-state index contributed by atoms with van der Waals surface area (Å²) < 4.78 is 23.5. The van der Waals surface area contributed by atoms with Crippen LogP contribution in [0.1, 0.15) is 40.0 Å². The van der Waals surface area contributed by atoms with Crippen molar-refractivity contribution < 1.29 is 33.3 Å². The van der Waals surface area contributed by atoms with Crippen LogP contribution in [0.5, 0.6) is 23.0 Å². The maximum atomic E-state index is 14.0. The molecule has 0 unspecified atom stereocenters. The molecule has 2 atom stereocenters. The zero-order valence-electron chi connectivity index (χ0n) is 26.7. The van der Waals surface area contributed by atoms with Crippen LogP contribution in [0.3, 0.4) is 0 Å². The molecule has 11 nitrogen and oxygen atoms in total. The van der Waals surface area contributed by atoms with Crippen LogP contribution in [-0.2, 0) is 22.6 Å². The van der Waals surface area contributed by atoms with Gasteiger partial charge >= 0.3 is 0 Å². The first kappa shape index (κ1) is 31.7. The summed E-state index contributed by atoms with van der Waals surface area (Å²) in [5, 5.41) is 6.81. The van der Waals surface area contributed by atoms with Crippen molar-refractivity contribution in [2.75, 3.05) is 33.9 Å². The smallest absolute Gasteiger partial charge is 0.258 e. The van der Waals surface area contributed by atoms with Crippen molar-refractivity contribution >= 4 is 28.6 Å². The molecule has 7 rings (SSSR count). The third-order valence-electron chi connectivity index (χ3n) is 8.51. The molecule has 0 aliphatic carbocycles. The standard InChI is InChI=1S/C36H38N4O7/c1-22-16-27(26-6-4-5-7-28(26)38-22)36(43)40-15-14-30-29(20-40)39-35(42)21-46-33-17-23(8-12-31(33)44-2)9-13-34(41)37-19-24-10-11-25(47-30)18-32(24)45-3/h4-8,10-12,16-18,29-30H,9,13-15,19-21H2,1-3H3,(H,37,41)(H,39,42)/t29-,30+/m1/s1. The van der Waals surface area contributed by atoms with E-state index in [0.717, 1.165) is 27.7 Å². The Morgan fingerprint density at radius 1 is 0.957 bits per heavy atom. The van der Waals surface area contributed by atoms with Crippen LogP contribution in [0.15, 0.2) is 66.7 Å². The van der Waals surface area contributed by atoms with E-state index in [9.17, 15) is 14.4 Å². The van der Waals surface area contributed by atoms with Gasteiger partial charge in [-0.15, -0.1) is 0 Å².